The molecule has 0 saturated carbocycles. The minimum Gasteiger partial charge on any atom is -0.494 e. The first kappa shape index (κ1) is 17.4. The van der Waals surface area contributed by atoms with Gasteiger partial charge >= 0.3 is 0 Å². The van der Waals surface area contributed by atoms with Gasteiger partial charge in [0.1, 0.15) is 11.6 Å². The summed E-state index contributed by atoms with van der Waals surface area (Å²) in [4.78, 5) is 12.5. The second kappa shape index (κ2) is 6.69. The van der Waals surface area contributed by atoms with Crippen LogP contribution < -0.4 is 10.1 Å². The van der Waals surface area contributed by atoms with Gasteiger partial charge in [-0.15, -0.1) is 15.3 Å². The third-order valence-electron chi connectivity index (χ3n) is 5.01. The van der Waals surface area contributed by atoms with Gasteiger partial charge in [-0.2, -0.15) is 14.3 Å². The molecular formula is C20H19N7O2. The van der Waals surface area contributed by atoms with E-state index in [1.807, 2.05) is 50.2 Å². The van der Waals surface area contributed by atoms with E-state index in [1.165, 1.54) is 0 Å². The third-order valence-corrected chi connectivity index (χ3v) is 5.01. The van der Waals surface area contributed by atoms with Crippen LogP contribution in [-0.4, -0.2) is 42.1 Å². The fourth-order valence-corrected chi connectivity index (χ4v) is 3.68. The molecule has 1 unspecified atom stereocenters. The van der Waals surface area contributed by atoms with Crippen molar-refractivity contribution >= 4 is 17.4 Å². The van der Waals surface area contributed by atoms with Gasteiger partial charge in [-0.3, -0.25) is 4.79 Å². The molecule has 1 N–H and O–H groups in total. The number of fused-ring (bicyclic) bond motifs is 2. The molecule has 146 valence electrons. The smallest absolute Gasteiger partial charge is 0.226 e. The van der Waals surface area contributed by atoms with Crippen molar-refractivity contribution in [1.29, 1.82) is 0 Å². The molecule has 4 heterocycles. The highest BCUT2D eigenvalue weighted by Crippen LogP contribution is 2.38. The minimum atomic E-state index is -0.103. The number of ether oxygens (including phenoxy) is 1. The molecule has 0 aliphatic carbocycles. The molecule has 0 fully saturated rings. The predicted molar refractivity (Wildman–Crippen MR) is 105 cm³/mol. The average molecular weight is 389 g/mol. The Kier molecular flexibility index (Phi) is 4.01. The quantitative estimate of drug-likeness (QED) is 0.576. The van der Waals surface area contributed by atoms with Crippen molar-refractivity contribution < 1.29 is 9.53 Å². The van der Waals surface area contributed by atoms with Crippen LogP contribution in [0.15, 0.2) is 42.6 Å². The van der Waals surface area contributed by atoms with Crippen LogP contribution in [0.5, 0.6) is 5.75 Å². The van der Waals surface area contributed by atoms with E-state index in [4.69, 9.17) is 4.74 Å². The maximum absolute atomic E-state index is 12.5. The van der Waals surface area contributed by atoms with Crippen LogP contribution in [0.4, 0.5) is 5.82 Å². The largest absolute Gasteiger partial charge is 0.494 e. The van der Waals surface area contributed by atoms with E-state index in [0.29, 0.717) is 36.1 Å². The van der Waals surface area contributed by atoms with Crippen LogP contribution in [0.3, 0.4) is 0 Å². The Morgan fingerprint density at radius 2 is 2.14 bits per heavy atom. The molecule has 3 aromatic heterocycles. The number of aromatic nitrogens is 6. The summed E-state index contributed by atoms with van der Waals surface area (Å²) in [6.45, 7) is 4.37. The SMILES string of the molecule is CCOc1cccc(C2CC(=O)Nc3c2cnn3-c2ccc3nnc(C)n3n2)c1. The lowest BCUT2D eigenvalue weighted by Crippen LogP contribution is -2.25. The van der Waals surface area contributed by atoms with E-state index in [0.717, 1.165) is 16.9 Å². The lowest BCUT2D eigenvalue weighted by molar-refractivity contribution is -0.116. The highest BCUT2D eigenvalue weighted by molar-refractivity contribution is 5.94. The van der Waals surface area contributed by atoms with Crippen molar-refractivity contribution in [2.75, 3.05) is 11.9 Å². The van der Waals surface area contributed by atoms with E-state index in [2.05, 4.69) is 25.7 Å². The number of hydrogen-bond donors (Lipinski definition) is 1. The maximum Gasteiger partial charge on any atom is 0.226 e. The van der Waals surface area contributed by atoms with E-state index < -0.39 is 0 Å². The number of hydrogen-bond acceptors (Lipinski definition) is 6. The number of carbonyl (C=O) groups is 1. The number of nitrogens with zero attached hydrogens (tertiary/aromatic N) is 6. The molecule has 1 amide bonds. The number of aryl methyl sites for hydroxylation is 1. The number of anilines is 1. The topological polar surface area (TPSA) is 99.2 Å². The molecule has 29 heavy (non-hydrogen) atoms. The molecule has 9 heteroatoms. The zero-order valence-corrected chi connectivity index (χ0v) is 16.0. The molecule has 4 aromatic rings. The van der Waals surface area contributed by atoms with Crippen molar-refractivity contribution in [3.8, 4) is 11.6 Å². The fraction of sp³-hybridized carbons (Fsp3) is 0.250. The minimum absolute atomic E-state index is 0.0624. The molecule has 0 radical (unpaired) electrons. The van der Waals surface area contributed by atoms with E-state index in [-0.39, 0.29) is 11.8 Å². The van der Waals surface area contributed by atoms with Gasteiger partial charge in [-0.05, 0) is 43.7 Å². The van der Waals surface area contributed by atoms with E-state index in [1.54, 1.807) is 15.4 Å². The Labute approximate surface area is 166 Å². The summed E-state index contributed by atoms with van der Waals surface area (Å²) in [7, 11) is 0. The Morgan fingerprint density at radius 1 is 1.24 bits per heavy atom. The van der Waals surface area contributed by atoms with Gasteiger partial charge < -0.3 is 10.1 Å². The average Bonchev–Trinajstić information content (AvgIpc) is 3.31. The van der Waals surface area contributed by atoms with E-state index >= 15 is 0 Å². The Hall–Kier alpha value is -3.75. The highest BCUT2D eigenvalue weighted by Gasteiger charge is 2.31. The van der Waals surface area contributed by atoms with Gasteiger partial charge in [0.05, 0.1) is 12.8 Å². The first-order valence-corrected chi connectivity index (χ1v) is 9.44. The number of carbonyl (C=O) groups excluding carboxylic acids is 1. The first-order valence-electron chi connectivity index (χ1n) is 9.44. The fourth-order valence-electron chi connectivity index (χ4n) is 3.68. The zero-order chi connectivity index (χ0) is 20.0. The first-order chi connectivity index (χ1) is 14.1. The van der Waals surface area contributed by atoms with Crippen molar-refractivity contribution in [3.63, 3.8) is 0 Å². The summed E-state index contributed by atoms with van der Waals surface area (Å²) in [6.07, 6.45) is 2.14. The normalized spacial score (nSPS) is 15.9. The van der Waals surface area contributed by atoms with Crippen molar-refractivity contribution in [3.05, 3.63) is 59.5 Å². The maximum atomic E-state index is 12.5. The van der Waals surface area contributed by atoms with Crippen molar-refractivity contribution in [2.24, 2.45) is 0 Å². The Morgan fingerprint density at radius 3 is 3.00 bits per heavy atom. The summed E-state index contributed by atoms with van der Waals surface area (Å²) < 4.78 is 8.92. The summed E-state index contributed by atoms with van der Waals surface area (Å²) >= 11 is 0. The molecule has 5 rings (SSSR count). The number of nitrogens with one attached hydrogen (secondary N) is 1. The summed E-state index contributed by atoms with van der Waals surface area (Å²) in [5.74, 6) is 2.51. The Balaban J connectivity index is 1.59. The molecule has 1 aliphatic heterocycles. The predicted octanol–water partition coefficient (Wildman–Crippen LogP) is 2.49. The molecule has 1 aliphatic rings. The van der Waals surface area contributed by atoms with Gasteiger partial charge in [0.2, 0.25) is 5.91 Å². The molecule has 0 saturated heterocycles. The van der Waals surface area contributed by atoms with Gasteiger partial charge in [0, 0.05) is 17.9 Å². The lowest BCUT2D eigenvalue weighted by Gasteiger charge is -2.24. The summed E-state index contributed by atoms with van der Waals surface area (Å²) in [5.41, 5.74) is 2.62. The molecular weight excluding hydrogens is 370 g/mol. The van der Waals surface area contributed by atoms with Crippen molar-refractivity contribution in [2.45, 2.75) is 26.2 Å². The number of benzene rings is 1. The third kappa shape index (κ3) is 2.91. The lowest BCUT2D eigenvalue weighted by atomic mass is 9.87. The van der Waals surface area contributed by atoms with E-state index in [9.17, 15) is 4.79 Å². The number of amides is 1. The molecule has 0 bridgehead atoms. The van der Waals surface area contributed by atoms with Crippen molar-refractivity contribution in [1.82, 2.24) is 29.6 Å². The van der Waals surface area contributed by atoms with Crippen LogP contribution in [0.2, 0.25) is 0 Å². The van der Waals surface area contributed by atoms with Crippen LogP contribution >= 0.6 is 0 Å². The van der Waals surface area contributed by atoms with Gasteiger partial charge in [0.15, 0.2) is 17.3 Å². The molecule has 1 atom stereocenters. The molecule has 9 nitrogen and oxygen atoms in total. The molecule has 0 spiro atoms. The van der Waals surface area contributed by atoms with Crippen LogP contribution in [0, 0.1) is 6.92 Å². The van der Waals surface area contributed by atoms with Gasteiger partial charge in [-0.25, -0.2) is 0 Å². The second-order valence-electron chi connectivity index (χ2n) is 6.88. The van der Waals surface area contributed by atoms with Gasteiger partial charge in [0.25, 0.3) is 0 Å². The number of rotatable bonds is 4. The Bertz CT molecular complexity index is 1230. The summed E-state index contributed by atoms with van der Waals surface area (Å²) in [5, 5.41) is 20.1. The van der Waals surface area contributed by atoms with Crippen LogP contribution in [0.25, 0.3) is 11.5 Å². The standard InChI is InChI=1S/C20H19N7O2/c1-3-29-14-6-4-5-13(9-14)15-10-19(28)22-20-16(15)11-21-27(20)18-8-7-17-24-23-12(2)26(17)25-18/h4-9,11,15H,3,10H2,1-2H3,(H,22,28). The zero-order valence-electron chi connectivity index (χ0n) is 16.0. The second-order valence-corrected chi connectivity index (χ2v) is 6.88. The van der Waals surface area contributed by atoms with Crippen LogP contribution in [-0.2, 0) is 4.79 Å². The summed E-state index contributed by atoms with van der Waals surface area (Å²) in [6, 6.07) is 11.5. The van der Waals surface area contributed by atoms with Crippen LogP contribution in [0.1, 0.15) is 36.2 Å². The monoisotopic (exact) mass is 389 g/mol. The molecule has 1 aromatic carbocycles. The van der Waals surface area contributed by atoms with Gasteiger partial charge in [-0.1, -0.05) is 12.1 Å². The highest BCUT2D eigenvalue weighted by atomic mass is 16.5.